The summed E-state index contributed by atoms with van der Waals surface area (Å²) in [7, 11) is 1.36. The van der Waals surface area contributed by atoms with Gasteiger partial charge in [-0.25, -0.2) is 4.79 Å². The van der Waals surface area contributed by atoms with Gasteiger partial charge in [0.1, 0.15) is 6.61 Å². The highest BCUT2D eigenvalue weighted by atomic mass is 16.5. The van der Waals surface area contributed by atoms with E-state index in [0.717, 1.165) is 5.56 Å². The number of alkyl carbamates (subject to hydrolysis) is 1. The minimum Gasteiger partial charge on any atom is -0.469 e. The predicted octanol–water partition coefficient (Wildman–Crippen LogP) is 2.81. The second kappa shape index (κ2) is 7.11. The molecule has 0 heterocycles. The van der Waals surface area contributed by atoms with E-state index in [2.05, 4.69) is 5.32 Å². The van der Waals surface area contributed by atoms with Crippen molar-refractivity contribution in [3.63, 3.8) is 0 Å². The number of rotatable bonds is 4. The summed E-state index contributed by atoms with van der Waals surface area (Å²) in [5.74, 6) is -0.329. The molecular weight excluding hydrogens is 282 g/mol. The van der Waals surface area contributed by atoms with Gasteiger partial charge in [0.25, 0.3) is 0 Å². The monoisotopic (exact) mass is 303 g/mol. The normalized spacial score (nSPS) is 23.6. The van der Waals surface area contributed by atoms with Gasteiger partial charge in [-0.3, -0.25) is 4.79 Å². The minimum absolute atomic E-state index is 0.199. The molecule has 118 valence electrons. The SMILES string of the molecule is COC(=O)[C@]1(C)CC=CC[C@@H]1NC(=O)OCc1ccccc1. The molecule has 0 saturated carbocycles. The maximum Gasteiger partial charge on any atom is 0.407 e. The molecule has 1 amide bonds. The molecule has 0 bridgehead atoms. The topological polar surface area (TPSA) is 64.6 Å². The minimum atomic E-state index is -0.769. The highest BCUT2D eigenvalue weighted by Gasteiger charge is 2.43. The van der Waals surface area contributed by atoms with Crippen molar-refractivity contribution in [2.75, 3.05) is 7.11 Å². The van der Waals surface area contributed by atoms with Gasteiger partial charge in [-0.15, -0.1) is 0 Å². The van der Waals surface area contributed by atoms with Gasteiger partial charge in [0.15, 0.2) is 0 Å². The van der Waals surface area contributed by atoms with Crippen LogP contribution < -0.4 is 5.32 Å². The largest absolute Gasteiger partial charge is 0.469 e. The van der Waals surface area contributed by atoms with Crippen LogP contribution in [0.15, 0.2) is 42.5 Å². The van der Waals surface area contributed by atoms with Crippen molar-refractivity contribution in [2.24, 2.45) is 5.41 Å². The van der Waals surface area contributed by atoms with Gasteiger partial charge >= 0.3 is 12.1 Å². The molecule has 5 nitrogen and oxygen atoms in total. The highest BCUT2D eigenvalue weighted by molar-refractivity contribution is 5.79. The number of nitrogens with one attached hydrogen (secondary N) is 1. The zero-order valence-corrected chi connectivity index (χ0v) is 12.9. The zero-order chi connectivity index (χ0) is 16.0. The summed E-state index contributed by atoms with van der Waals surface area (Å²) in [6, 6.07) is 9.10. The lowest BCUT2D eigenvalue weighted by Crippen LogP contribution is -2.51. The van der Waals surface area contributed by atoms with Gasteiger partial charge in [0.2, 0.25) is 0 Å². The molecule has 0 aliphatic heterocycles. The molecule has 1 aromatic rings. The Kier molecular flexibility index (Phi) is 5.20. The van der Waals surface area contributed by atoms with Crippen molar-refractivity contribution < 1.29 is 19.1 Å². The molecule has 1 N–H and O–H groups in total. The van der Waals surface area contributed by atoms with Crippen LogP contribution in [0.2, 0.25) is 0 Å². The van der Waals surface area contributed by atoms with Crippen LogP contribution in [0, 0.1) is 5.41 Å². The summed E-state index contributed by atoms with van der Waals surface area (Å²) in [6.45, 7) is 1.99. The van der Waals surface area contributed by atoms with Gasteiger partial charge in [0, 0.05) is 0 Å². The molecule has 22 heavy (non-hydrogen) atoms. The standard InChI is InChI=1S/C17H21NO4/c1-17(15(19)21-2)11-7-6-10-14(17)18-16(20)22-12-13-8-4-3-5-9-13/h3-9,14H,10-12H2,1-2H3,(H,18,20)/t14-,17+/m0/s1. The van der Waals surface area contributed by atoms with Gasteiger partial charge in [0.05, 0.1) is 18.6 Å². The molecule has 0 fully saturated rings. The molecule has 1 aliphatic rings. The number of ether oxygens (including phenoxy) is 2. The van der Waals surface area contributed by atoms with Crippen molar-refractivity contribution in [2.45, 2.75) is 32.4 Å². The van der Waals surface area contributed by atoms with Gasteiger partial charge in [-0.05, 0) is 25.3 Å². The Bertz CT molecular complexity index is 555. The number of hydrogen-bond donors (Lipinski definition) is 1. The first-order chi connectivity index (χ1) is 10.6. The van der Waals surface area contributed by atoms with Crippen LogP contribution in [0.5, 0.6) is 0 Å². The molecule has 2 atom stereocenters. The van der Waals surface area contributed by atoms with Crippen LogP contribution in [0.1, 0.15) is 25.3 Å². The average Bonchev–Trinajstić information content (AvgIpc) is 2.55. The summed E-state index contributed by atoms with van der Waals surface area (Å²) in [4.78, 5) is 24.0. The van der Waals surface area contributed by atoms with E-state index in [1.54, 1.807) is 6.92 Å². The Morgan fingerprint density at radius 3 is 2.68 bits per heavy atom. The van der Waals surface area contributed by atoms with Crippen molar-refractivity contribution >= 4 is 12.1 Å². The molecule has 0 aromatic heterocycles. The zero-order valence-electron chi connectivity index (χ0n) is 12.9. The van der Waals surface area contributed by atoms with Crippen molar-refractivity contribution in [1.82, 2.24) is 5.32 Å². The van der Waals surface area contributed by atoms with Crippen molar-refractivity contribution in [3.05, 3.63) is 48.0 Å². The first-order valence-electron chi connectivity index (χ1n) is 7.27. The summed E-state index contributed by atoms with van der Waals surface area (Å²) in [6.07, 6.45) is 4.46. The molecule has 1 aliphatic carbocycles. The number of benzene rings is 1. The average molecular weight is 303 g/mol. The van der Waals surface area contributed by atoms with Gasteiger partial charge in [-0.1, -0.05) is 42.5 Å². The van der Waals surface area contributed by atoms with E-state index in [9.17, 15) is 9.59 Å². The molecule has 0 saturated heterocycles. The lowest BCUT2D eigenvalue weighted by atomic mass is 9.74. The number of methoxy groups -OCH3 is 1. The van der Waals surface area contributed by atoms with E-state index in [-0.39, 0.29) is 18.6 Å². The van der Waals surface area contributed by atoms with Crippen LogP contribution in [-0.4, -0.2) is 25.2 Å². The lowest BCUT2D eigenvalue weighted by molar-refractivity contribution is -0.153. The third-order valence-corrected chi connectivity index (χ3v) is 4.01. The van der Waals surface area contributed by atoms with E-state index in [0.29, 0.717) is 12.8 Å². The Balaban J connectivity index is 1.94. The van der Waals surface area contributed by atoms with Crippen LogP contribution in [0.4, 0.5) is 4.79 Å². The maximum absolute atomic E-state index is 12.0. The van der Waals surface area contributed by atoms with E-state index in [1.807, 2.05) is 42.5 Å². The van der Waals surface area contributed by atoms with Crippen LogP contribution in [-0.2, 0) is 20.9 Å². The fourth-order valence-electron chi connectivity index (χ4n) is 2.55. The van der Waals surface area contributed by atoms with Crippen LogP contribution in [0.25, 0.3) is 0 Å². The third-order valence-electron chi connectivity index (χ3n) is 4.01. The van der Waals surface area contributed by atoms with E-state index >= 15 is 0 Å². The van der Waals surface area contributed by atoms with Crippen molar-refractivity contribution in [3.8, 4) is 0 Å². The van der Waals surface area contributed by atoms with Crippen molar-refractivity contribution in [1.29, 1.82) is 0 Å². The molecule has 2 rings (SSSR count). The summed E-state index contributed by atoms with van der Waals surface area (Å²) >= 11 is 0. The van der Waals surface area contributed by atoms with Gasteiger partial charge < -0.3 is 14.8 Å². The number of carbonyl (C=O) groups is 2. The molecular formula is C17H21NO4. The Hall–Kier alpha value is -2.30. The highest BCUT2D eigenvalue weighted by Crippen LogP contribution is 2.34. The second-order valence-corrected chi connectivity index (χ2v) is 5.58. The number of esters is 1. The lowest BCUT2D eigenvalue weighted by Gasteiger charge is -2.36. The summed E-state index contributed by atoms with van der Waals surface area (Å²) in [5, 5.41) is 2.78. The first kappa shape index (κ1) is 16.1. The predicted molar refractivity (Wildman–Crippen MR) is 82.0 cm³/mol. The number of amides is 1. The molecule has 5 heteroatoms. The number of hydrogen-bond acceptors (Lipinski definition) is 4. The van der Waals surface area contributed by atoms with Crippen LogP contribution in [0.3, 0.4) is 0 Å². The quantitative estimate of drug-likeness (QED) is 0.686. The summed E-state index contributed by atoms with van der Waals surface area (Å²) < 4.78 is 10.1. The van der Waals surface area contributed by atoms with E-state index < -0.39 is 11.5 Å². The Morgan fingerprint density at radius 1 is 1.27 bits per heavy atom. The fraction of sp³-hybridized carbons (Fsp3) is 0.412. The summed E-state index contributed by atoms with van der Waals surface area (Å²) in [5.41, 5.74) is 0.145. The van der Waals surface area contributed by atoms with Gasteiger partial charge in [-0.2, -0.15) is 0 Å². The molecule has 0 spiro atoms. The number of allylic oxidation sites excluding steroid dienone is 1. The third kappa shape index (κ3) is 3.67. The van der Waals surface area contributed by atoms with E-state index in [4.69, 9.17) is 9.47 Å². The molecule has 0 unspecified atom stereocenters. The van der Waals surface area contributed by atoms with E-state index in [1.165, 1.54) is 7.11 Å². The Labute approximate surface area is 130 Å². The van der Waals surface area contributed by atoms with Crippen LogP contribution >= 0.6 is 0 Å². The molecule has 0 radical (unpaired) electrons. The second-order valence-electron chi connectivity index (χ2n) is 5.58. The maximum atomic E-state index is 12.0. The Morgan fingerprint density at radius 2 is 2.00 bits per heavy atom. The smallest absolute Gasteiger partial charge is 0.407 e. The number of carbonyl (C=O) groups excluding carboxylic acids is 2. The molecule has 1 aromatic carbocycles. The fourth-order valence-corrected chi connectivity index (χ4v) is 2.55. The first-order valence-corrected chi connectivity index (χ1v) is 7.27.